The van der Waals surface area contributed by atoms with Crippen molar-refractivity contribution in [1.29, 1.82) is 0 Å². The minimum atomic E-state index is -0.673. The van der Waals surface area contributed by atoms with Crippen molar-refractivity contribution in [2.75, 3.05) is 19.8 Å². The van der Waals surface area contributed by atoms with Gasteiger partial charge in [-0.2, -0.15) is 0 Å². The summed E-state index contributed by atoms with van der Waals surface area (Å²) in [6.07, 6.45) is 3.94. The third kappa shape index (κ3) is 5.56. The van der Waals surface area contributed by atoms with Crippen LogP contribution in [0.25, 0.3) is 5.76 Å². The summed E-state index contributed by atoms with van der Waals surface area (Å²) in [6.45, 7) is 7.53. The van der Waals surface area contributed by atoms with Gasteiger partial charge in [-0.25, -0.2) is 0 Å². The number of aliphatic hydroxyl groups is 1. The van der Waals surface area contributed by atoms with Gasteiger partial charge in [-0.15, -0.1) is 0 Å². The molecule has 1 atom stereocenters. The summed E-state index contributed by atoms with van der Waals surface area (Å²) in [7, 11) is 0. The maximum Gasteiger partial charge on any atom is 0.295 e. The molecule has 2 aromatic rings. The van der Waals surface area contributed by atoms with E-state index in [2.05, 4.69) is 6.92 Å². The standard InChI is InChI=1S/C27H33NO5/c1-4-7-8-17-33-21-14-12-19(13-15-21)24-23(26(30)27(31)28(24)16-5-2)25(29)20-10-9-11-22(18-20)32-6-3/h9-15,18,24,29H,4-8,16-17H2,1-3H3/b25-23-. The Hall–Kier alpha value is -3.28. The lowest BCUT2D eigenvalue weighted by Crippen LogP contribution is -2.30. The molecule has 0 aliphatic carbocycles. The highest BCUT2D eigenvalue weighted by molar-refractivity contribution is 6.46. The lowest BCUT2D eigenvalue weighted by molar-refractivity contribution is -0.139. The monoisotopic (exact) mass is 451 g/mol. The Bertz CT molecular complexity index is 996. The number of unbranched alkanes of at least 4 members (excludes halogenated alkanes) is 2. The minimum absolute atomic E-state index is 0.0960. The molecule has 1 unspecified atom stereocenters. The molecule has 6 nitrogen and oxygen atoms in total. The number of ketones is 1. The number of Topliss-reactive ketones (excluding diaryl/α,β-unsaturated/α-hetero) is 1. The van der Waals surface area contributed by atoms with E-state index in [1.165, 1.54) is 4.90 Å². The average Bonchev–Trinajstić information content (AvgIpc) is 3.07. The van der Waals surface area contributed by atoms with E-state index < -0.39 is 17.7 Å². The SMILES string of the molecule is CCCCCOc1ccc(C2/C(=C(/O)c3cccc(OCC)c3)C(=O)C(=O)N2CCC)cc1. The molecule has 1 aliphatic heterocycles. The van der Waals surface area contributed by atoms with Crippen molar-refractivity contribution in [2.24, 2.45) is 0 Å². The van der Waals surface area contributed by atoms with Gasteiger partial charge in [0.25, 0.3) is 11.7 Å². The molecule has 1 fully saturated rings. The van der Waals surface area contributed by atoms with E-state index in [0.717, 1.165) is 30.6 Å². The maximum atomic E-state index is 13.0. The second-order valence-corrected chi connectivity index (χ2v) is 8.08. The topological polar surface area (TPSA) is 76.1 Å². The van der Waals surface area contributed by atoms with Crippen LogP contribution in [0.1, 0.15) is 63.6 Å². The summed E-state index contributed by atoms with van der Waals surface area (Å²) >= 11 is 0. The van der Waals surface area contributed by atoms with Crippen molar-refractivity contribution in [2.45, 2.75) is 52.5 Å². The Kier molecular flexibility index (Phi) is 8.52. The molecule has 6 heteroatoms. The number of benzene rings is 2. The van der Waals surface area contributed by atoms with E-state index in [1.54, 1.807) is 24.3 Å². The fraction of sp³-hybridized carbons (Fsp3) is 0.407. The highest BCUT2D eigenvalue weighted by Gasteiger charge is 2.45. The van der Waals surface area contributed by atoms with Crippen LogP contribution >= 0.6 is 0 Å². The van der Waals surface area contributed by atoms with Gasteiger partial charge in [0.05, 0.1) is 24.8 Å². The van der Waals surface area contributed by atoms with Gasteiger partial charge in [0, 0.05) is 12.1 Å². The van der Waals surface area contributed by atoms with Crippen LogP contribution in [0.15, 0.2) is 54.1 Å². The van der Waals surface area contributed by atoms with E-state index in [4.69, 9.17) is 9.47 Å². The predicted octanol–water partition coefficient (Wildman–Crippen LogP) is 5.49. The highest BCUT2D eigenvalue weighted by atomic mass is 16.5. The van der Waals surface area contributed by atoms with Crippen molar-refractivity contribution in [3.8, 4) is 11.5 Å². The molecule has 1 aliphatic rings. The summed E-state index contributed by atoms with van der Waals surface area (Å²) in [5, 5.41) is 11.1. The quantitative estimate of drug-likeness (QED) is 0.212. The van der Waals surface area contributed by atoms with Crippen LogP contribution in [-0.2, 0) is 9.59 Å². The Balaban J connectivity index is 1.98. The Morgan fingerprint density at radius 2 is 1.70 bits per heavy atom. The van der Waals surface area contributed by atoms with Gasteiger partial charge >= 0.3 is 0 Å². The first-order chi connectivity index (χ1) is 16.0. The molecule has 0 bridgehead atoms. The van der Waals surface area contributed by atoms with Gasteiger partial charge in [-0.05, 0) is 49.6 Å². The molecule has 0 aromatic heterocycles. The van der Waals surface area contributed by atoms with Gasteiger partial charge in [-0.3, -0.25) is 9.59 Å². The number of likely N-dealkylation sites (tertiary alicyclic amines) is 1. The van der Waals surface area contributed by atoms with Gasteiger partial charge in [-0.1, -0.05) is 51.0 Å². The van der Waals surface area contributed by atoms with E-state index >= 15 is 0 Å². The molecule has 1 amide bonds. The molecule has 0 saturated carbocycles. The van der Waals surface area contributed by atoms with Crippen molar-refractivity contribution in [1.82, 2.24) is 4.90 Å². The molecule has 0 spiro atoms. The first-order valence-electron chi connectivity index (χ1n) is 11.8. The molecule has 2 aromatic carbocycles. The molecular formula is C27H33NO5. The lowest BCUT2D eigenvalue weighted by atomic mass is 9.95. The zero-order valence-electron chi connectivity index (χ0n) is 19.7. The smallest absolute Gasteiger partial charge is 0.295 e. The maximum absolute atomic E-state index is 13.0. The van der Waals surface area contributed by atoms with E-state index in [-0.39, 0.29) is 11.3 Å². The van der Waals surface area contributed by atoms with E-state index in [1.807, 2.05) is 38.1 Å². The summed E-state index contributed by atoms with van der Waals surface area (Å²) < 4.78 is 11.3. The van der Waals surface area contributed by atoms with Crippen molar-refractivity contribution in [3.05, 3.63) is 65.2 Å². The summed E-state index contributed by atoms with van der Waals surface area (Å²) in [4.78, 5) is 27.4. The number of rotatable bonds is 11. The normalized spacial score (nSPS) is 17.4. The third-order valence-electron chi connectivity index (χ3n) is 5.64. The van der Waals surface area contributed by atoms with E-state index in [9.17, 15) is 14.7 Å². The van der Waals surface area contributed by atoms with Crippen molar-refractivity contribution in [3.63, 3.8) is 0 Å². The molecule has 33 heavy (non-hydrogen) atoms. The fourth-order valence-electron chi connectivity index (χ4n) is 4.04. The van der Waals surface area contributed by atoms with Crippen LogP contribution in [0.5, 0.6) is 11.5 Å². The third-order valence-corrected chi connectivity index (χ3v) is 5.64. The number of carbonyl (C=O) groups is 2. The Morgan fingerprint density at radius 1 is 0.939 bits per heavy atom. The lowest BCUT2D eigenvalue weighted by Gasteiger charge is -2.25. The number of amides is 1. The predicted molar refractivity (Wildman–Crippen MR) is 128 cm³/mol. The molecule has 3 rings (SSSR count). The van der Waals surface area contributed by atoms with Crippen LogP contribution in [0.2, 0.25) is 0 Å². The molecular weight excluding hydrogens is 418 g/mol. The second-order valence-electron chi connectivity index (χ2n) is 8.08. The zero-order valence-corrected chi connectivity index (χ0v) is 19.7. The van der Waals surface area contributed by atoms with Crippen molar-refractivity contribution < 1.29 is 24.2 Å². The largest absolute Gasteiger partial charge is 0.507 e. The van der Waals surface area contributed by atoms with Crippen LogP contribution in [0.4, 0.5) is 0 Å². The number of nitrogens with zero attached hydrogens (tertiary/aromatic N) is 1. The zero-order chi connectivity index (χ0) is 23.8. The van der Waals surface area contributed by atoms with Crippen molar-refractivity contribution >= 4 is 17.4 Å². The minimum Gasteiger partial charge on any atom is -0.507 e. The number of carbonyl (C=O) groups excluding carboxylic acids is 2. The van der Waals surface area contributed by atoms with Gasteiger partial charge < -0.3 is 19.5 Å². The number of hydrogen-bond acceptors (Lipinski definition) is 5. The molecule has 176 valence electrons. The van der Waals surface area contributed by atoms with Crippen LogP contribution < -0.4 is 9.47 Å². The van der Waals surface area contributed by atoms with Crippen LogP contribution in [0.3, 0.4) is 0 Å². The van der Waals surface area contributed by atoms with Gasteiger partial charge in [0.15, 0.2) is 0 Å². The second kappa shape index (κ2) is 11.5. The fourth-order valence-corrected chi connectivity index (χ4v) is 4.04. The molecule has 1 saturated heterocycles. The number of aliphatic hydroxyl groups excluding tert-OH is 1. The van der Waals surface area contributed by atoms with Gasteiger partial charge in [0.2, 0.25) is 0 Å². The summed E-state index contributed by atoms with van der Waals surface area (Å²) in [5.74, 6) is -0.132. The highest BCUT2D eigenvalue weighted by Crippen LogP contribution is 2.40. The van der Waals surface area contributed by atoms with Crippen LogP contribution in [-0.4, -0.2) is 41.5 Å². The van der Waals surface area contributed by atoms with E-state index in [0.29, 0.717) is 37.5 Å². The molecule has 1 heterocycles. The van der Waals surface area contributed by atoms with Gasteiger partial charge in [0.1, 0.15) is 17.3 Å². The Morgan fingerprint density at radius 3 is 2.36 bits per heavy atom. The summed E-state index contributed by atoms with van der Waals surface area (Å²) in [6, 6.07) is 13.7. The first kappa shape index (κ1) is 24.4. The number of ether oxygens (including phenoxy) is 2. The Labute approximate surface area is 195 Å². The van der Waals surface area contributed by atoms with Crippen LogP contribution in [0, 0.1) is 0 Å². The molecule has 0 radical (unpaired) electrons. The number of hydrogen-bond donors (Lipinski definition) is 1. The molecule has 1 N–H and O–H groups in total. The summed E-state index contributed by atoms with van der Waals surface area (Å²) in [5.41, 5.74) is 1.29. The average molecular weight is 452 g/mol. The first-order valence-corrected chi connectivity index (χ1v) is 11.8.